The third-order valence-corrected chi connectivity index (χ3v) is 5.98. The molecule has 1 fully saturated rings. The van der Waals surface area contributed by atoms with Crippen molar-refractivity contribution in [3.05, 3.63) is 23.2 Å². The molecule has 26 heavy (non-hydrogen) atoms. The van der Waals surface area contributed by atoms with Gasteiger partial charge in [-0.05, 0) is 38.1 Å². The molecule has 0 aliphatic carbocycles. The first-order valence-corrected chi connectivity index (χ1v) is 10.4. The number of benzene rings is 1. The molecule has 1 amide bonds. The SMILES string of the molecule is CNS(=O)(=O)CCNC(=O)C1CCCN(c2nc3cc(Cl)ccc3o2)C1. The van der Waals surface area contributed by atoms with E-state index in [0.717, 1.165) is 19.4 Å². The minimum Gasteiger partial charge on any atom is -0.423 e. The maximum absolute atomic E-state index is 12.3. The normalized spacial score (nSPS) is 18.2. The number of nitrogens with zero attached hydrogens (tertiary/aromatic N) is 2. The highest BCUT2D eigenvalue weighted by Gasteiger charge is 2.28. The van der Waals surface area contributed by atoms with Gasteiger partial charge in [0, 0.05) is 24.7 Å². The molecule has 1 atom stereocenters. The van der Waals surface area contributed by atoms with E-state index in [9.17, 15) is 13.2 Å². The highest BCUT2D eigenvalue weighted by molar-refractivity contribution is 7.89. The number of amides is 1. The number of aromatic nitrogens is 1. The van der Waals surface area contributed by atoms with Crippen LogP contribution in [0.25, 0.3) is 11.1 Å². The van der Waals surface area contributed by atoms with Crippen molar-refractivity contribution in [1.82, 2.24) is 15.0 Å². The van der Waals surface area contributed by atoms with Gasteiger partial charge < -0.3 is 14.6 Å². The van der Waals surface area contributed by atoms with Crippen LogP contribution in [0.3, 0.4) is 0 Å². The van der Waals surface area contributed by atoms with Gasteiger partial charge in [-0.3, -0.25) is 4.79 Å². The smallest absolute Gasteiger partial charge is 0.298 e. The van der Waals surface area contributed by atoms with Crippen molar-refractivity contribution in [3.63, 3.8) is 0 Å². The van der Waals surface area contributed by atoms with Crippen molar-refractivity contribution in [2.24, 2.45) is 5.92 Å². The summed E-state index contributed by atoms with van der Waals surface area (Å²) >= 11 is 5.97. The third kappa shape index (κ3) is 4.46. The lowest BCUT2D eigenvalue weighted by molar-refractivity contribution is -0.125. The van der Waals surface area contributed by atoms with E-state index < -0.39 is 10.0 Å². The summed E-state index contributed by atoms with van der Waals surface area (Å²) in [6.45, 7) is 1.31. The van der Waals surface area contributed by atoms with E-state index in [2.05, 4.69) is 15.0 Å². The molecule has 1 aliphatic rings. The van der Waals surface area contributed by atoms with Gasteiger partial charge in [-0.15, -0.1) is 0 Å². The van der Waals surface area contributed by atoms with Gasteiger partial charge in [0.2, 0.25) is 15.9 Å². The number of nitrogens with one attached hydrogen (secondary N) is 2. The second kappa shape index (κ2) is 7.81. The predicted octanol–water partition coefficient (Wildman–Crippen LogP) is 1.36. The molecular weight excluding hydrogens is 380 g/mol. The van der Waals surface area contributed by atoms with Crippen LogP contribution in [0, 0.1) is 5.92 Å². The van der Waals surface area contributed by atoms with Crippen molar-refractivity contribution in [2.75, 3.05) is 37.3 Å². The molecule has 2 aromatic rings. The maximum Gasteiger partial charge on any atom is 0.298 e. The molecule has 0 spiro atoms. The summed E-state index contributed by atoms with van der Waals surface area (Å²) in [5.74, 6) is -0.530. The van der Waals surface area contributed by atoms with Crippen molar-refractivity contribution in [1.29, 1.82) is 0 Å². The molecule has 8 nitrogen and oxygen atoms in total. The molecule has 3 rings (SSSR count). The predicted molar refractivity (Wildman–Crippen MR) is 99.8 cm³/mol. The number of hydrogen-bond donors (Lipinski definition) is 2. The lowest BCUT2D eigenvalue weighted by Gasteiger charge is -2.30. The zero-order valence-corrected chi connectivity index (χ0v) is 15.9. The summed E-state index contributed by atoms with van der Waals surface area (Å²) in [6, 6.07) is 5.72. The average molecular weight is 401 g/mol. The van der Waals surface area contributed by atoms with Gasteiger partial charge in [0.1, 0.15) is 5.52 Å². The number of hydrogen-bond acceptors (Lipinski definition) is 6. The Morgan fingerprint density at radius 1 is 1.46 bits per heavy atom. The first-order valence-electron chi connectivity index (χ1n) is 8.38. The lowest BCUT2D eigenvalue weighted by Crippen LogP contribution is -2.44. The van der Waals surface area contributed by atoms with Gasteiger partial charge >= 0.3 is 0 Å². The summed E-state index contributed by atoms with van der Waals surface area (Å²) < 4.78 is 30.8. The fraction of sp³-hybridized carbons (Fsp3) is 0.500. The molecular formula is C16H21ClN4O4S. The second-order valence-electron chi connectivity index (χ2n) is 6.21. The number of rotatable bonds is 6. The van der Waals surface area contributed by atoms with Crippen LogP contribution in [0.15, 0.2) is 22.6 Å². The van der Waals surface area contributed by atoms with Crippen LogP contribution >= 0.6 is 11.6 Å². The van der Waals surface area contributed by atoms with Gasteiger partial charge in [0.05, 0.1) is 11.7 Å². The fourth-order valence-corrected chi connectivity index (χ4v) is 3.68. The Labute approximate surface area is 156 Å². The Morgan fingerprint density at radius 3 is 3.04 bits per heavy atom. The van der Waals surface area contributed by atoms with E-state index in [-0.39, 0.29) is 24.1 Å². The van der Waals surface area contributed by atoms with Gasteiger partial charge in [-0.25, -0.2) is 13.1 Å². The number of halogens is 1. The van der Waals surface area contributed by atoms with Crippen LogP contribution in [0.5, 0.6) is 0 Å². The highest BCUT2D eigenvalue weighted by atomic mass is 35.5. The quantitative estimate of drug-likeness (QED) is 0.758. The van der Waals surface area contributed by atoms with Crippen molar-refractivity contribution >= 4 is 44.6 Å². The number of carbonyl (C=O) groups excluding carboxylic acids is 1. The molecule has 1 aromatic carbocycles. The van der Waals surface area contributed by atoms with Crippen molar-refractivity contribution in [2.45, 2.75) is 12.8 Å². The highest BCUT2D eigenvalue weighted by Crippen LogP contribution is 2.27. The zero-order valence-electron chi connectivity index (χ0n) is 14.4. The summed E-state index contributed by atoms with van der Waals surface area (Å²) in [4.78, 5) is 18.7. The monoisotopic (exact) mass is 400 g/mol. The van der Waals surface area contributed by atoms with E-state index in [4.69, 9.17) is 16.0 Å². The molecule has 2 heterocycles. The summed E-state index contributed by atoms with van der Waals surface area (Å²) in [5, 5.41) is 3.28. The van der Waals surface area contributed by atoms with Crippen LogP contribution in [0.1, 0.15) is 12.8 Å². The molecule has 142 valence electrons. The number of sulfonamides is 1. The van der Waals surface area contributed by atoms with Gasteiger partial charge in [0.15, 0.2) is 5.58 Å². The van der Waals surface area contributed by atoms with Crippen LogP contribution in [-0.2, 0) is 14.8 Å². The van der Waals surface area contributed by atoms with Crippen LogP contribution < -0.4 is 14.9 Å². The topological polar surface area (TPSA) is 105 Å². The van der Waals surface area contributed by atoms with Gasteiger partial charge in [-0.2, -0.15) is 4.98 Å². The van der Waals surface area contributed by atoms with Crippen LogP contribution in [-0.4, -0.2) is 51.7 Å². The van der Waals surface area contributed by atoms with E-state index in [1.807, 2.05) is 4.90 Å². The van der Waals surface area contributed by atoms with E-state index in [1.165, 1.54) is 7.05 Å². The number of fused-ring (bicyclic) bond motifs is 1. The molecule has 1 saturated heterocycles. The molecule has 0 radical (unpaired) electrons. The molecule has 2 N–H and O–H groups in total. The molecule has 0 bridgehead atoms. The molecule has 1 aromatic heterocycles. The maximum atomic E-state index is 12.3. The van der Waals surface area contributed by atoms with Crippen molar-refractivity contribution < 1.29 is 17.6 Å². The Morgan fingerprint density at radius 2 is 2.27 bits per heavy atom. The molecule has 10 heteroatoms. The molecule has 0 saturated carbocycles. The zero-order chi connectivity index (χ0) is 18.7. The third-order valence-electron chi connectivity index (χ3n) is 4.38. The minimum atomic E-state index is -3.33. The number of oxazole rings is 1. The first-order chi connectivity index (χ1) is 12.4. The molecule has 1 aliphatic heterocycles. The molecule has 1 unspecified atom stereocenters. The number of anilines is 1. The van der Waals surface area contributed by atoms with E-state index in [0.29, 0.717) is 28.7 Å². The van der Waals surface area contributed by atoms with Gasteiger partial charge in [-0.1, -0.05) is 11.6 Å². The number of carbonyl (C=O) groups is 1. The first kappa shape index (κ1) is 18.9. The summed E-state index contributed by atoms with van der Waals surface area (Å²) in [6.07, 6.45) is 1.57. The van der Waals surface area contributed by atoms with Crippen LogP contribution in [0.4, 0.5) is 6.01 Å². The fourth-order valence-electron chi connectivity index (χ4n) is 2.94. The standard InChI is InChI=1S/C16H21ClN4O4S/c1-18-26(23,24)8-6-19-15(22)11-3-2-7-21(10-11)16-20-13-9-12(17)4-5-14(13)25-16/h4-5,9,11,18H,2-3,6-8,10H2,1H3,(H,19,22). The van der Waals surface area contributed by atoms with E-state index in [1.54, 1.807) is 18.2 Å². The Balaban J connectivity index is 1.62. The second-order valence-corrected chi connectivity index (χ2v) is 8.69. The Bertz CT molecular complexity index is 899. The average Bonchev–Trinajstić information content (AvgIpc) is 3.05. The Kier molecular flexibility index (Phi) is 5.69. The Hall–Kier alpha value is -1.84. The van der Waals surface area contributed by atoms with Crippen molar-refractivity contribution in [3.8, 4) is 0 Å². The minimum absolute atomic E-state index is 0.0832. The van der Waals surface area contributed by atoms with E-state index >= 15 is 0 Å². The summed E-state index contributed by atoms with van der Waals surface area (Å²) in [5.41, 5.74) is 1.32. The van der Waals surface area contributed by atoms with Gasteiger partial charge in [0.25, 0.3) is 6.01 Å². The lowest BCUT2D eigenvalue weighted by atomic mass is 9.97. The summed E-state index contributed by atoms with van der Waals surface area (Å²) in [7, 11) is -1.98. The van der Waals surface area contributed by atoms with Crippen LogP contribution in [0.2, 0.25) is 5.02 Å². The number of piperidine rings is 1. The largest absolute Gasteiger partial charge is 0.423 e.